The average Bonchev–Trinajstić information content (AvgIpc) is 2.71. The molecule has 1 aromatic heterocycles. The molecule has 0 fully saturated rings. The van der Waals surface area contributed by atoms with Gasteiger partial charge in [0.15, 0.2) is 5.13 Å². The summed E-state index contributed by atoms with van der Waals surface area (Å²) in [7, 11) is 0. The topological polar surface area (TPSA) is 62.2 Å². The Morgan fingerprint density at radius 2 is 2.53 bits per heavy atom. The van der Waals surface area contributed by atoms with Gasteiger partial charge in [0.1, 0.15) is 5.92 Å². The molecule has 1 atom stereocenters. The predicted molar refractivity (Wildman–Crippen MR) is 72.3 cm³/mol. The molecule has 1 aromatic rings. The summed E-state index contributed by atoms with van der Waals surface area (Å²) in [5.41, 5.74) is 0.792. The molecule has 0 saturated carbocycles. The molecule has 2 N–H and O–H groups in total. The fourth-order valence-corrected chi connectivity index (χ4v) is 3.39. The zero-order chi connectivity index (χ0) is 12.3. The fraction of sp³-hybridized carbons (Fsp3) is 0.636. The van der Waals surface area contributed by atoms with Gasteiger partial charge in [-0.15, -0.1) is 11.3 Å². The smallest absolute Gasteiger partial charge is 0.312 e. The summed E-state index contributed by atoms with van der Waals surface area (Å²) in [6, 6.07) is 0. The molecule has 1 unspecified atom stereocenters. The van der Waals surface area contributed by atoms with Crippen LogP contribution in [-0.4, -0.2) is 34.6 Å². The number of hydrogen-bond donors (Lipinski definition) is 2. The molecule has 0 spiro atoms. The zero-order valence-corrected chi connectivity index (χ0v) is 11.4. The molecule has 0 amide bonds. The van der Waals surface area contributed by atoms with Gasteiger partial charge in [0.2, 0.25) is 0 Å². The SMILES string of the molecule is CSCCNc1nc2c(s1)CCCC2C(=O)O. The van der Waals surface area contributed by atoms with Crippen LogP contribution in [0.15, 0.2) is 0 Å². The van der Waals surface area contributed by atoms with Gasteiger partial charge in [0.05, 0.1) is 5.69 Å². The van der Waals surface area contributed by atoms with Gasteiger partial charge < -0.3 is 10.4 Å². The average molecular weight is 272 g/mol. The van der Waals surface area contributed by atoms with Gasteiger partial charge in [-0.3, -0.25) is 4.79 Å². The number of carboxylic acid groups (broad SMARTS) is 1. The van der Waals surface area contributed by atoms with Crippen LogP contribution >= 0.6 is 23.1 Å². The first-order chi connectivity index (χ1) is 8.22. The standard InChI is InChI=1S/C11H16N2O2S2/c1-16-6-5-12-11-13-9-7(10(14)15)3-2-4-8(9)17-11/h7H,2-6H2,1H3,(H,12,13)(H,14,15). The number of rotatable bonds is 5. The minimum Gasteiger partial charge on any atom is -0.481 e. The van der Waals surface area contributed by atoms with Gasteiger partial charge in [0, 0.05) is 17.2 Å². The zero-order valence-electron chi connectivity index (χ0n) is 9.73. The van der Waals surface area contributed by atoms with Gasteiger partial charge in [-0.25, -0.2) is 4.98 Å². The second-order valence-corrected chi connectivity index (χ2v) is 6.10. The molecule has 2 rings (SSSR count). The molecule has 4 nitrogen and oxygen atoms in total. The number of carbonyl (C=O) groups is 1. The minimum absolute atomic E-state index is 0.397. The summed E-state index contributed by atoms with van der Waals surface area (Å²) < 4.78 is 0. The van der Waals surface area contributed by atoms with Crippen molar-refractivity contribution in [1.29, 1.82) is 0 Å². The van der Waals surface area contributed by atoms with Gasteiger partial charge in [0.25, 0.3) is 0 Å². The Bertz CT molecular complexity index is 406. The van der Waals surface area contributed by atoms with Crippen LogP contribution in [0.25, 0.3) is 0 Å². The Morgan fingerprint density at radius 1 is 1.71 bits per heavy atom. The van der Waals surface area contributed by atoms with Gasteiger partial charge >= 0.3 is 5.97 Å². The lowest BCUT2D eigenvalue weighted by Gasteiger charge is -2.16. The highest BCUT2D eigenvalue weighted by molar-refractivity contribution is 7.98. The number of thioether (sulfide) groups is 1. The van der Waals surface area contributed by atoms with E-state index in [1.54, 1.807) is 23.1 Å². The van der Waals surface area contributed by atoms with E-state index < -0.39 is 11.9 Å². The molecule has 1 aliphatic rings. The maximum Gasteiger partial charge on any atom is 0.312 e. The first-order valence-electron chi connectivity index (χ1n) is 5.67. The lowest BCUT2D eigenvalue weighted by Crippen LogP contribution is -2.17. The van der Waals surface area contributed by atoms with E-state index in [1.165, 1.54) is 0 Å². The number of nitrogens with one attached hydrogen (secondary N) is 1. The summed E-state index contributed by atoms with van der Waals surface area (Å²) in [6.07, 6.45) is 4.71. The quantitative estimate of drug-likeness (QED) is 0.806. The number of anilines is 1. The molecule has 17 heavy (non-hydrogen) atoms. The summed E-state index contributed by atoms with van der Waals surface area (Å²) in [4.78, 5) is 16.7. The van der Waals surface area contributed by atoms with Crippen molar-refractivity contribution in [3.05, 3.63) is 10.6 Å². The summed E-state index contributed by atoms with van der Waals surface area (Å²) in [5.74, 6) is -0.106. The summed E-state index contributed by atoms with van der Waals surface area (Å²) in [6.45, 7) is 0.880. The van der Waals surface area contributed by atoms with Crippen LogP contribution in [0.5, 0.6) is 0 Å². The molecule has 0 radical (unpaired) electrons. The molecule has 0 aliphatic heterocycles. The lowest BCUT2D eigenvalue weighted by atomic mass is 9.91. The minimum atomic E-state index is -0.744. The van der Waals surface area contributed by atoms with E-state index in [9.17, 15) is 4.79 Å². The largest absolute Gasteiger partial charge is 0.481 e. The number of aliphatic carboxylic acids is 1. The molecule has 1 aliphatic carbocycles. The third-order valence-corrected chi connectivity index (χ3v) is 4.54. The van der Waals surface area contributed by atoms with Crippen molar-refractivity contribution in [3.63, 3.8) is 0 Å². The number of nitrogens with zero attached hydrogens (tertiary/aromatic N) is 1. The van der Waals surface area contributed by atoms with Crippen LogP contribution < -0.4 is 5.32 Å². The summed E-state index contributed by atoms with van der Waals surface area (Å²) >= 11 is 3.39. The Kier molecular flexibility index (Phi) is 4.28. The maximum absolute atomic E-state index is 11.1. The highest BCUT2D eigenvalue weighted by Gasteiger charge is 2.29. The van der Waals surface area contributed by atoms with Crippen molar-refractivity contribution in [1.82, 2.24) is 4.98 Å². The van der Waals surface area contributed by atoms with Crippen molar-refractivity contribution in [3.8, 4) is 0 Å². The van der Waals surface area contributed by atoms with E-state index in [2.05, 4.69) is 16.6 Å². The molecule has 0 bridgehead atoms. The van der Waals surface area contributed by atoms with Crippen LogP contribution in [0, 0.1) is 0 Å². The van der Waals surface area contributed by atoms with Crippen molar-refractivity contribution in [2.75, 3.05) is 23.9 Å². The highest BCUT2D eigenvalue weighted by Crippen LogP contribution is 2.36. The van der Waals surface area contributed by atoms with Crippen molar-refractivity contribution >= 4 is 34.2 Å². The van der Waals surface area contributed by atoms with Crippen molar-refractivity contribution < 1.29 is 9.90 Å². The number of fused-ring (bicyclic) bond motifs is 1. The van der Waals surface area contributed by atoms with E-state index in [4.69, 9.17) is 5.11 Å². The second-order valence-electron chi connectivity index (χ2n) is 4.03. The number of carboxylic acids is 1. The Morgan fingerprint density at radius 3 is 3.24 bits per heavy atom. The van der Waals surface area contributed by atoms with E-state index in [-0.39, 0.29) is 0 Å². The number of thiazole rings is 1. The van der Waals surface area contributed by atoms with E-state index in [0.717, 1.165) is 47.3 Å². The van der Waals surface area contributed by atoms with Crippen LogP contribution in [0.4, 0.5) is 5.13 Å². The predicted octanol–water partition coefficient (Wildman–Crippen LogP) is 2.42. The van der Waals surface area contributed by atoms with E-state index in [0.29, 0.717) is 0 Å². The van der Waals surface area contributed by atoms with Crippen LogP contribution in [0.1, 0.15) is 29.3 Å². The molecule has 0 aromatic carbocycles. The highest BCUT2D eigenvalue weighted by atomic mass is 32.2. The van der Waals surface area contributed by atoms with Crippen LogP contribution in [-0.2, 0) is 11.2 Å². The maximum atomic E-state index is 11.1. The molecule has 0 saturated heterocycles. The molecule has 1 heterocycles. The first kappa shape index (κ1) is 12.7. The Labute approximate surface area is 109 Å². The van der Waals surface area contributed by atoms with Crippen molar-refractivity contribution in [2.45, 2.75) is 25.2 Å². The van der Waals surface area contributed by atoms with Crippen LogP contribution in [0.2, 0.25) is 0 Å². The van der Waals surface area contributed by atoms with Crippen LogP contribution in [0.3, 0.4) is 0 Å². The summed E-state index contributed by atoms with van der Waals surface area (Å²) in [5, 5.41) is 13.3. The van der Waals surface area contributed by atoms with Crippen molar-refractivity contribution in [2.24, 2.45) is 0 Å². The van der Waals surface area contributed by atoms with Gasteiger partial charge in [-0.1, -0.05) is 0 Å². The monoisotopic (exact) mass is 272 g/mol. The molecular formula is C11H16N2O2S2. The normalized spacial score (nSPS) is 18.8. The van der Waals surface area contributed by atoms with E-state index in [1.807, 2.05) is 0 Å². The molecular weight excluding hydrogens is 256 g/mol. The lowest BCUT2D eigenvalue weighted by molar-refractivity contribution is -0.139. The molecule has 6 heteroatoms. The Balaban J connectivity index is 2.10. The molecule has 94 valence electrons. The number of aryl methyl sites for hydroxylation is 1. The Hall–Kier alpha value is -0.750. The first-order valence-corrected chi connectivity index (χ1v) is 7.88. The van der Waals surface area contributed by atoms with Gasteiger partial charge in [-0.2, -0.15) is 11.8 Å². The van der Waals surface area contributed by atoms with E-state index >= 15 is 0 Å². The van der Waals surface area contributed by atoms with Gasteiger partial charge in [-0.05, 0) is 25.5 Å². The fourth-order valence-electron chi connectivity index (χ4n) is 1.99. The third kappa shape index (κ3) is 2.93. The number of hydrogen-bond acceptors (Lipinski definition) is 5. The second kappa shape index (κ2) is 5.73. The number of aromatic nitrogens is 1. The third-order valence-electron chi connectivity index (χ3n) is 2.83.